The van der Waals surface area contributed by atoms with E-state index in [2.05, 4.69) is 40.1 Å². The zero-order valence-corrected chi connectivity index (χ0v) is 14.4. The monoisotopic (exact) mass is 368 g/mol. The van der Waals surface area contributed by atoms with E-state index in [1.807, 2.05) is 30.5 Å². The number of hydrogen-bond donors (Lipinski definition) is 1. The molecule has 1 heterocycles. The predicted octanol–water partition coefficient (Wildman–Crippen LogP) is 5.04. The van der Waals surface area contributed by atoms with Gasteiger partial charge in [0.1, 0.15) is 11.5 Å². The van der Waals surface area contributed by atoms with E-state index in [4.69, 9.17) is 16.3 Å². The lowest BCUT2D eigenvalue weighted by molar-refractivity contribution is 0.468. The molecule has 0 fully saturated rings. The number of rotatable bonds is 6. The molecule has 0 aliphatic rings. The minimum atomic E-state index is 0.572. The Morgan fingerprint density at radius 3 is 2.81 bits per heavy atom. The fourth-order valence-electron chi connectivity index (χ4n) is 1.82. The van der Waals surface area contributed by atoms with Crippen LogP contribution < -0.4 is 10.1 Å². The summed E-state index contributed by atoms with van der Waals surface area (Å²) in [6, 6.07) is 7.41. The van der Waals surface area contributed by atoms with Gasteiger partial charge in [-0.1, -0.05) is 41.4 Å². The van der Waals surface area contributed by atoms with Gasteiger partial charge < -0.3 is 10.1 Å². The third-order valence-corrected chi connectivity index (χ3v) is 3.63. The van der Waals surface area contributed by atoms with Gasteiger partial charge in [-0.25, -0.2) is 0 Å². The van der Waals surface area contributed by atoms with Crippen LogP contribution in [0.3, 0.4) is 0 Å². The second kappa shape index (κ2) is 7.78. The van der Waals surface area contributed by atoms with Crippen LogP contribution >= 0.6 is 27.5 Å². The number of aromatic nitrogens is 1. The molecular formula is C16H18BrClN2O. The van der Waals surface area contributed by atoms with E-state index in [1.54, 1.807) is 6.20 Å². The number of hydrogen-bond acceptors (Lipinski definition) is 3. The van der Waals surface area contributed by atoms with Gasteiger partial charge in [0.05, 0.1) is 5.02 Å². The summed E-state index contributed by atoms with van der Waals surface area (Å²) < 4.78 is 6.84. The molecule has 5 heteroatoms. The lowest BCUT2D eigenvalue weighted by Crippen LogP contribution is -2.19. The summed E-state index contributed by atoms with van der Waals surface area (Å²) in [5.74, 6) is 2.01. The van der Waals surface area contributed by atoms with E-state index in [-0.39, 0.29) is 0 Å². The first-order chi connectivity index (χ1) is 10.1. The van der Waals surface area contributed by atoms with Crippen LogP contribution in [0.25, 0.3) is 0 Å². The van der Waals surface area contributed by atoms with Gasteiger partial charge in [0.25, 0.3) is 0 Å². The lowest BCUT2D eigenvalue weighted by Gasteiger charge is -2.13. The summed E-state index contributed by atoms with van der Waals surface area (Å²) in [5, 5.41) is 3.96. The van der Waals surface area contributed by atoms with Gasteiger partial charge in [0.15, 0.2) is 0 Å². The first-order valence-corrected chi connectivity index (χ1v) is 8.00. The fourth-order valence-corrected chi connectivity index (χ4v) is 2.53. The van der Waals surface area contributed by atoms with Crippen molar-refractivity contribution in [2.45, 2.75) is 20.4 Å². The highest BCUT2D eigenvalue weighted by Crippen LogP contribution is 2.32. The maximum Gasteiger partial charge on any atom is 0.146 e. The van der Waals surface area contributed by atoms with Crippen molar-refractivity contribution >= 4 is 27.5 Å². The standard InChI is InChI=1S/C16H18BrClN2O/c1-11(2)8-20-10-12-9-19-6-5-15(12)21-16-4-3-13(17)7-14(16)18/h3-7,9,11,20H,8,10H2,1-2H3. The molecule has 0 radical (unpaired) electrons. The van der Waals surface area contributed by atoms with Gasteiger partial charge in [0.2, 0.25) is 0 Å². The largest absolute Gasteiger partial charge is 0.455 e. The van der Waals surface area contributed by atoms with E-state index >= 15 is 0 Å². The van der Waals surface area contributed by atoms with E-state index < -0.39 is 0 Å². The van der Waals surface area contributed by atoms with Crippen LogP contribution in [0.15, 0.2) is 41.1 Å². The Hall–Kier alpha value is -1.10. The number of halogens is 2. The van der Waals surface area contributed by atoms with E-state index in [1.165, 1.54) is 0 Å². The molecule has 1 aromatic carbocycles. The van der Waals surface area contributed by atoms with Crippen LogP contribution in [0.4, 0.5) is 0 Å². The first kappa shape index (κ1) is 16.3. The molecular weight excluding hydrogens is 352 g/mol. The van der Waals surface area contributed by atoms with Crippen molar-refractivity contribution in [2.24, 2.45) is 5.92 Å². The molecule has 0 amide bonds. The summed E-state index contributed by atoms with van der Waals surface area (Å²) in [4.78, 5) is 4.16. The normalized spacial score (nSPS) is 10.9. The Bertz CT molecular complexity index is 605. The van der Waals surface area contributed by atoms with Crippen LogP contribution in [0.2, 0.25) is 5.02 Å². The van der Waals surface area contributed by atoms with Crippen molar-refractivity contribution in [3.63, 3.8) is 0 Å². The lowest BCUT2D eigenvalue weighted by atomic mass is 10.2. The van der Waals surface area contributed by atoms with Crippen molar-refractivity contribution in [3.05, 3.63) is 51.7 Å². The third-order valence-electron chi connectivity index (χ3n) is 2.84. The van der Waals surface area contributed by atoms with Gasteiger partial charge in [-0.2, -0.15) is 0 Å². The quantitative estimate of drug-likeness (QED) is 0.775. The highest BCUT2D eigenvalue weighted by molar-refractivity contribution is 9.10. The molecule has 1 N–H and O–H groups in total. The SMILES string of the molecule is CC(C)CNCc1cnccc1Oc1ccc(Br)cc1Cl. The van der Waals surface area contributed by atoms with Gasteiger partial charge in [-0.3, -0.25) is 4.98 Å². The number of nitrogens with one attached hydrogen (secondary N) is 1. The molecule has 0 spiro atoms. The zero-order valence-electron chi connectivity index (χ0n) is 12.1. The van der Waals surface area contributed by atoms with Crippen molar-refractivity contribution < 1.29 is 4.74 Å². The van der Waals surface area contributed by atoms with E-state index in [0.717, 1.165) is 28.9 Å². The Morgan fingerprint density at radius 2 is 2.10 bits per heavy atom. The number of benzene rings is 1. The summed E-state index contributed by atoms with van der Waals surface area (Å²) in [6.07, 6.45) is 3.53. The van der Waals surface area contributed by atoms with E-state index in [9.17, 15) is 0 Å². The fraction of sp³-hybridized carbons (Fsp3) is 0.312. The minimum absolute atomic E-state index is 0.572. The Labute approximate surface area is 138 Å². The van der Waals surface area contributed by atoms with E-state index in [0.29, 0.717) is 16.7 Å². The summed E-state index contributed by atoms with van der Waals surface area (Å²) in [5.41, 5.74) is 1.01. The molecule has 112 valence electrons. The average Bonchev–Trinajstić information content (AvgIpc) is 2.43. The van der Waals surface area contributed by atoms with Crippen molar-refractivity contribution in [1.29, 1.82) is 0 Å². The average molecular weight is 370 g/mol. The van der Waals surface area contributed by atoms with Crippen LogP contribution in [-0.4, -0.2) is 11.5 Å². The molecule has 21 heavy (non-hydrogen) atoms. The third kappa shape index (κ3) is 4.99. The Morgan fingerprint density at radius 1 is 1.29 bits per heavy atom. The molecule has 1 aromatic heterocycles. The van der Waals surface area contributed by atoms with Crippen LogP contribution in [0.1, 0.15) is 19.4 Å². The highest BCUT2D eigenvalue weighted by Gasteiger charge is 2.08. The molecule has 2 aromatic rings. The first-order valence-electron chi connectivity index (χ1n) is 6.82. The molecule has 0 aliphatic carbocycles. The molecule has 0 saturated heterocycles. The number of ether oxygens (including phenoxy) is 1. The molecule has 3 nitrogen and oxygen atoms in total. The van der Waals surface area contributed by atoms with Crippen molar-refractivity contribution in [2.75, 3.05) is 6.54 Å². The van der Waals surface area contributed by atoms with Crippen LogP contribution in [0, 0.1) is 5.92 Å². The molecule has 0 saturated carbocycles. The maximum atomic E-state index is 6.19. The Balaban J connectivity index is 2.12. The maximum absolute atomic E-state index is 6.19. The molecule has 0 aliphatic heterocycles. The van der Waals surface area contributed by atoms with Crippen molar-refractivity contribution in [1.82, 2.24) is 10.3 Å². The van der Waals surface area contributed by atoms with Crippen LogP contribution in [-0.2, 0) is 6.54 Å². The molecule has 0 atom stereocenters. The molecule has 0 bridgehead atoms. The summed E-state index contributed by atoms with van der Waals surface area (Å²) >= 11 is 9.58. The van der Waals surface area contributed by atoms with Gasteiger partial charge >= 0.3 is 0 Å². The minimum Gasteiger partial charge on any atom is -0.455 e. The van der Waals surface area contributed by atoms with Crippen LogP contribution in [0.5, 0.6) is 11.5 Å². The number of nitrogens with zero attached hydrogens (tertiary/aromatic N) is 1. The predicted molar refractivity (Wildman–Crippen MR) is 90.0 cm³/mol. The topological polar surface area (TPSA) is 34.2 Å². The summed E-state index contributed by atoms with van der Waals surface area (Å²) in [6.45, 7) is 6.02. The van der Waals surface area contributed by atoms with Crippen molar-refractivity contribution in [3.8, 4) is 11.5 Å². The number of pyridine rings is 1. The highest BCUT2D eigenvalue weighted by atomic mass is 79.9. The second-order valence-electron chi connectivity index (χ2n) is 5.18. The molecule has 2 rings (SSSR count). The van der Waals surface area contributed by atoms with Gasteiger partial charge in [0, 0.05) is 29.0 Å². The van der Waals surface area contributed by atoms with Gasteiger partial charge in [-0.05, 0) is 36.7 Å². The van der Waals surface area contributed by atoms with Gasteiger partial charge in [-0.15, -0.1) is 0 Å². The second-order valence-corrected chi connectivity index (χ2v) is 6.51. The Kier molecular flexibility index (Phi) is 6.03. The zero-order chi connectivity index (χ0) is 15.2. The smallest absolute Gasteiger partial charge is 0.146 e. The summed E-state index contributed by atoms with van der Waals surface area (Å²) in [7, 11) is 0. The molecule has 0 unspecified atom stereocenters.